The second kappa shape index (κ2) is 5.76. The Hall–Kier alpha value is -1.71. The van der Waals surface area contributed by atoms with Gasteiger partial charge in [0.25, 0.3) is 5.91 Å². The number of carbonyl (C=O) groups is 1. The molecule has 0 aliphatic heterocycles. The van der Waals surface area contributed by atoms with Gasteiger partial charge in [-0.25, -0.2) is 0 Å². The van der Waals surface area contributed by atoms with E-state index in [1.807, 2.05) is 6.92 Å². The molecule has 1 unspecified atom stereocenters. The Balaban J connectivity index is 2.93. The molecule has 0 aliphatic carbocycles. The highest BCUT2D eigenvalue weighted by Crippen LogP contribution is 2.28. The Labute approximate surface area is 108 Å². The van der Waals surface area contributed by atoms with E-state index in [-0.39, 0.29) is 29.0 Å². The Morgan fingerprint density at radius 2 is 1.72 bits per heavy atom. The maximum absolute atomic E-state index is 12.2. The summed E-state index contributed by atoms with van der Waals surface area (Å²) in [6.07, 6.45) is 0.872. The molecule has 1 aromatic carbocycles. The molecular weight excluding hydrogens is 230 g/mol. The van der Waals surface area contributed by atoms with Crippen molar-refractivity contribution >= 4 is 5.91 Å². The van der Waals surface area contributed by atoms with Gasteiger partial charge in [-0.05, 0) is 31.4 Å². The van der Waals surface area contributed by atoms with E-state index >= 15 is 0 Å². The molecule has 18 heavy (non-hydrogen) atoms. The van der Waals surface area contributed by atoms with Crippen LogP contribution in [0.2, 0.25) is 0 Å². The summed E-state index contributed by atoms with van der Waals surface area (Å²) < 4.78 is 0. The van der Waals surface area contributed by atoms with Gasteiger partial charge in [0, 0.05) is 13.1 Å². The van der Waals surface area contributed by atoms with Crippen LogP contribution in [0.1, 0.15) is 37.6 Å². The van der Waals surface area contributed by atoms with Crippen LogP contribution in [-0.2, 0) is 0 Å². The van der Waals surface area contributed by atoms with E-state index in [2.05, 4.69) is 13.8 Å². The van der Waals surface area contributed by atoms with E-state index in [0.29, 0.717) is 5.92 Å². The summed E-state index contributed by atoms with van der Waals surface area (Å²) in [6.45, 7) is 6.13. The molecule has 2 N–H and O–H groups in total. The molecule has 1 rings (SSSR count). The average Bonchev–Trinajstić information content (AvgIpc) is 2.26. The standard InChI is InChI=1S/C14H21NO3/c1-9(2)8-10(3)15(4)14(18)13-11(16)6-5-7-12(13)17/h5-7,9-10,16-17H,8H2,1-4H3. The number of nitrogens with zero attached hydrogens (tertiary/aromatic N) is 1. The van der Waals surface area contributed by atoms with Crippen molar-refractivity contribution in [3.05, 3.63) is 23.8 Å². The number of hydrogen-bond donors (Lipinski definition) is 2. The van der Waals surface area contributed by atoms with Crippen molar-refractivity contribution < 1.29 is 15.0 Å². The molecule has 100 valence electrons. The van der Waals surface area contributed by atoms with Crippen molar-refractivity contribution in [2.24, 2.45) is 5.92 Å². The summed E-state index contributed by atoms with van der Waals surface area (Å²) in [6, 6.07) is 4.34. The van der Waals surface area contributed by atoms with E-state index in [0.717, 1.165) is 6.42 Å². The third-order valence-electron chi connectivity index (χ3n) is 3.03. The molecule has 0 aromatic heterocycles. The van der Waals surface area contributed by atoms with Gasteiger partial charge in [0.15, 0.2) is 0 Å². The third kappa shape index (κ3) is 3.15. The molecule has 1 atom stereocenters. The number of aromatic hydroxyl groups is 2. The van der Waals surface area contributed by atoms with E-state index in [1.54, 1.807) is 11.9 Å². The Kier molecular flexibility index (Phi) is 4.59. The molecule has 4 nitrogen and oxygen atoms in total. The van der Waals surface area contributed by atoms with Crippen molar-refractivity contribution in [1.29, 1.82) is 0 Å². The Morgan fingerprint density at radius 1 is 1.22 bits per heavy atom. The molecule has 1 aromatic rings. The summed E-state index contributed by atoms with van der Waals surface area (Å²) in [7, 11) is 1.68. The van der Waals surface area contributed by atoms with Gasteiger partial charge in [0.05, 0.1) is 0 Å². The summed E-state index contributed by atoms with van der Waals surface area (Å²) in [5, 5.41) is 19.3. The normalized spacial score (nSPS) is 12.5. The van der Waals surface area contributed by atoms with Crippen LogP contribution >= 0.6 is 0 Å². The summed E-state index contributed by atoms with van der Waals surface area (Å²) in [4.78, 5) is 13.8. The SMILES string of the molecule is CC(C)CC(C)N(C)C(=O)c1c(O)cccc1O. The number of phenolic OH excluding ortho intramolecular Hbond substituents is 2. The van der Waals surface area contributed by atoms with Crippen LogP contribution in [0.5, 0.6) is 11.5 Å². The minimum atomic E-state index is -0.362. The monoisotopic (exact) mass is 251 g/mol. The van der Waals surface area contributed by atoms with Gasteiger partial charge >= 0.3 is 0 Å². The molecule has 0 saturated carbocycles. The zero-order valence-electron chi connectivity index (χ0n) is 11.3. The first-order valence-corrected chi connectivity index (χ1v) is 6.12. The number of rotatable bonds is 4. The largest absolute Gasteiger partial charge is 0.507 e. The second-order valence-electron chi connectivity index (χ2n) is 5.07. The second-order valence-corrected chi connectivity index (χ2v) is 5.07. The van der Waals surface area contributed by atoms with Crippen molar-refractivity contribution in [2.75, 3.05) is 7.05 Å². The molecule has 0 saturated heterocycles. The van der Waals surface area contributed by atoms with Gasteiger partial charge in [-0.1, -0.05) is 19.9 Å². The van der Waals surface area contributed by atoms with Crippen LogP contribution in [0.3, 0.4) is 0 Å². The predicted molar refractivity (Wildman–Crippen MR) is 70.8 cm³/mol. The number of phenols is 2. The number of carbonyl (C=O) groups excluding carboxylic acids is 1. The van der Waals surface area contributed by atoms with Gasteiger partial charge in [-0.15, -0.1) is 0 Å². The van der Waals surface area contributed by atoms with E-state index < -0.39 is 0 Å². The maximum Gasteiger partial charge on any atom is 0.261 e. The highest BCUT2D eigenvalue weighted by molar-refractivity contribution is 5.99. The van der Waals surface area contributed by atoms with Crippen LogP contribution in [0.15, 0.2) is 18.2 Å². The van der Waals surface area contributed by atoms with Crippen LogP contribution < -0.4 is 0 Å². The van der Waals surface area contributed by atoms with Crippen LogP contribution in [-0.4, -0.2) is 34.1 Å². The average molecular weight is 251 g/mol. The van der Waals surface area contributed by atoms with E-state index in [1.165, 1.54) is 18.2 Å². The molecule has 0 spiro atoms. The molecular formula is C14H21NO3. The first kappa shape index (κ1) is 14.4. The van der Waals surface area contributed by atoms with E-state index in [4.69, 9.17) is 0 Å². The van der Waals surface area contributed by atoms with E-state index in [9.17, 15) is 15.0 Å². The zero-order chi connectivity index (χ0) is 13.9. The van der Waals surface area contributed by atoms with Gasteiger partial charge in [0.2, 0.25) is 0 Å². The fourth-order valence-corrected chi connectivity index (χ4v) is 1.96. The topological polar surface area (TPSA) is 60.8 Å². The van der Waals surface area contributed by atoms with Crippen molar-refractivity contribution in [3.8, 4) is 11.5 Å². The first-order valence-electron chi connectivity index (χ1n) is 6.12. The molecule has 0 radical (unpaired) electrons. The van der Waals surface area contributed by atoms with Crippen molar-refractivity contribution in [3.63, 3.8) is 0 Å². The zero-order valence-corrected chi connectivity index (χ0v) is 11.3. The van der Waals surface area contributed by atoms with Gasteiger partial charge < -0.3 is 15.1 Å². The highest BCUT2D eigenvalue weighted by Gasteiger charge is 2.23. The minimum absolute atomic E-state index is 0.0318. The lowest BCUT2D eigenvalue weighted by Gasteiger charge is -2.26. The number of benzene rings is 1. The fraction of sp³-hybridized carbons (Fsp3) is 0.500. The molecule has 0 heterocycles. The first-order chi connectivity index (χ1) is 8.34. The lowest BCUT2D eigenvalue weighted by Crippen LogP contribution is -2.36. The summed E-state index contributed by atoms with van der Waals surface area (Å²) >= 11 is 0. The van der Waals surface area contributed by atoms with Crippen molar-refractivity contribution in [1.82, 2.24) is 4.90 Å². The smallest absolute Gasteiger partial charge is 0.261 e. The fourth-order valence-electron chi connectivity index (χ4n) is 1.96. The van der Waals surface area contributed by atoms with Crippen LogP contribution in [0, 0.1) is 5.92 Å². The highest BCUT2D eigenvalue weighted by atomic mass is 16.3. The Morgan fingerprint density at radius 3 is 2.17 bits per heavy atom. The molecule has 0 aliphatic rings. The van der Waals surface area contributed by atoms with Crippen molar-refractivity contribution in [2.45, 2.75) is 33.2 Å². The lowest BCUT2D eigenvalue weighted by molar-refractivity contribution is 0.0722. The summed E-state index contributed by atoms with van der Waals surface area (Å²) in [5.74, 6) is -0.265. The third-order valence-corrected chi connectivity index (χ3v) is 3.03. The van der Waals surface area contributed by atoms with Gasteiger partial charge in [0.1, 0.15) is 17.1 Å². The number of hydrogen-bond acceptors (Lipinski definition) is 3. The summed E-state index contributed by atoms with van der Waals surface area (Å²) in [5.41, 5.74) is -0.0318. The molecule has 1 amide bonds. The Bertz CT molecular complexity index is 409. The number of amides is 1. The molecule has 4 heteroatoms. The van der Waals surface area contributed by atoms with Crippen LogP contribution in [0.4, 0.5) is 0 Å². The van der Waals surface area contributed by atoms with Crippen LogP contribution in [0.25, 0.3) is 0 Å². The molecule has 0 fully saturated rings. The van der Waals surface area contributed by atoms with Gasteiger partial charge in [-0.3, -0.25) is 4.79 Å². The quantitative estimate of drug-likeness (QED) is 0.864. The maximum atomic E-state index is 12.2. The molecule has 0 bridgehead atoms. The van der Waals surface area contributed by atoms with Gasteiger partial charge in [-0.2, -0.15) is 0 Å². The lowest BCUT2D eigenvalue weighted by atomic mass is 10.0. The predicted octanol–water partition coefficient (Wildman–Crippen LogP) is 2.60. The minimum Gasteiger partial charge on any atom is -0.507 e.